The largest absolute Gasteiger partial charge is 0.492 e. The van der Waals surface area contributed by atoms with Crippen molar-refractivity contribution in [2.45, 2.75) is 26.7 Å². The highest BCUT2D eigenvalue weighted by molar-refractivity contribution is 5.83. The van der Waals surface area contributed by atoms with E-state index in [-0.39, 0.29) is 0 Å². The Balaban J connectivity index is 1.48. The molecule has 1 unspecified atom stereocenters. The van der Waals surface area contributed by atoms with Gasteiger partial charge in [0, 0.05) is 18.7 Å². The van der Waals surface area contributed by atoms with Crippen molar-refractivity contribution in [1.29, 1.82) is 5.26 Å². The van der Waals surface area contributed by atoms with Gasteiger partial charge in [0.1, 0.15) is 17.6 Å². The molecule has 1 saturated carbocycles. The number of ether oxygens (including phenoxy) is 1. The van der Waals surface area contributed by atoms with Crippen LogP contribution < -0.4 is 9.64 Å². The van der Waals surface area contributed by atoms with Crippen LogP contribution in [-0.4, -0.2) is 39.3 Å². The molecule has 0 radical (unpaired) electrons. The minimum absolute atomic E-state index is 0.510. The molecule has 3 aromatic heterocycles. The molecule has 1 aliphatic heterocycles. The lowest BCUT2D eigenvalue weighted by Gasteiger charge is -2.19. The molecule has 148 valence electrons. The number of fused-ring (bicyclic) bond motifs is 2. The highest BCUT2D eigenvalue weighted by atomic mass is 16.5. The molecule has 5 rings (SSSR count). The average Bonchev–Trinajstić information content (AvgIpc) is 3.40. The molecule has 29 heavy (non-hydrogen) atoms. The molecule has 7 nitrogen and oxygen atoms in total. The summed E-state index contributed by atoms with van der Waals surface area (Å²) in [5.74, 6) is 4.06. The van der Waals surface area contributed by atoms with Gasteiger partial charge < -0.3 is 9.64 Å². The highest BCUT2D eigenvalue weighted by Gasteiger charge is 2.39. The maximum absolute atomic E-state index is 9.48. The first-order valence-electron chi connectivity index (χ1n) is 10.3. The summed E-state index contributed by atoms with van der Waals surface area (Å²) in [6.07, 6.45) is 9.66. The zero-order chi connectivity index (χ0) is 20.0. The zero-order valence-corrected chi connectivity index (χ0v) is 16.7. The molecular weight excluding hydrogens is 364 g/mol. The van der Waals surface area contributed by atoms with Crippen LogP contribution >= 0.6 is 0 Å². The van der Waals surface area contributed by atoms with E-state index < -0.39 is 0 Å². The Morgan fingerprint density at radius 1 is 1.17 bits per heavy atom. The van der Waals surface area contributed by atoms with Crippen LogP contribution in [0.5, 0.6) is 5.75 Å². The van der Waals surface area contributed by atoms with Crippen molar-refractivity contribution in [2.75, 3.05) is 24.6 Å². The van der Waals surface area contributed by atoms with Gasteiger partial charge in [0.25, 0.3) is 0 Å². The molecular formula is C22H24N6O. The van der Waals surface area contributed by atoms with Crippen molar-refractivity contribution >= 4 is 11.3 Å². The van der Waals surface area contributed by atoms with Gasteiger partial charge in [-0.05, 0) is 43.6 Å². The van der Waals surface area contributed by atoms with Crippen LogP contribution in [0.3, 0.4) is 0 Å². The minimum atomic E-state index is 0.510. The summed E-state index contributed by atoms with van der Waals surface area (Å²) in [5, 5.41) is 13.8. The van der Waals surface area contributed by atoms with E-state index in [1.54, 1.807) is 23.1 Å². The first-order chi connectivity index (χ1) is 14.2. The average molecular weight is 388 g/mol. The number of hydrogen-bond acceptors (Lipinski definition) is 6. The smallest absolute Gasteiger partial charge is 0.147 e. The summed E-state index contributed by atoms with van der Waals surface area (Å²) in [7, 11) is 0. The lowest BCUT2D eigenvalue weighted by atomic mass is 10.0. The van der Waals surface area contributed by atoms with Gasteiger partial charge in [-0.15, -0.1) is 0 Å². The van der Waals surface area contributed by atoms with Gasteiger partial charge in [-0.2, -0.15) is 10.4 Å². The highest BCUT2D eigenvalue weighted by Crippen LogP contribution is 2.42. The second-order valence-corrected chi connectivity index (χ2v) is 8.25. The summed E-state index contributed by atoms with van der Waals surface area (Å²) in [6.45, 7) is 7.01. The van der Waals surface area contributed by atoms with Gasteiger partial charge in [-0.3, -0.25) is 4.98 Å². The fourth-order valence-electron chi connectivity index (χ4n) is 5.03. The van der Waals surface area contributed by atoms with Crippen LogP contribution in [0, 0.1) is 29.1 Å². The van der Waals surface area contributed by atoms with Crippen molar-refractivity contribution in [1.82, 2.24) is 19.6 Å². The van der Waals surface area contributed by atoms with Gasteiger partial charge in [0.2, 0.25) is 0 Å². The molecule has 0 spiro atoms. The van der Waals surface area contributed by atoms with Crippen molar-refractivity contribution in [3.8, 4) is 23.1 Å². The SMILES string of the molecule is CCOc1cc(-c2cnc(N3C[C@H]4CC(C)C[C@H]4C3)cn2)c2c(C#N)cnn2c1. The first-order valence-corrected chi connectivity index (χ1v) is 10.3. The molecule has 3 atom stereocenters. The third kappa shape index (κ3) is 3.09. The van der Waals surface area contributed by atoms with Crippen molar-refractivity contribution < 1.29 is 4.74 Å². The Morgan fingerprint density at radius 3 is 2.62 bits per heavy atom. The number of aromatic nitrogens is 4. The maximum Gasteiger partial charge on any atom is 0.147 e. The first kappa shape index (κ1) is 17.9. The van der Waals surface area contributed by atoms with E-state index in [1.807, 2.05) is 19.2 Å². The van der Waals surface area contributed by atoms with Gasteiger partial charge in [0.15, 0.2) is 0 Å². The fourth-order valence-corrected chi connectivity index (χ4v) is 5.03. The molecule has 0 bridgehead atoms. The van der Waals surface area contributed by atoms with E-state index in [0.29, 0.717) is 23.6 Å². The summed E-state index contributed by atoms with van der Waals surface area (Å²) in [6, 6.07) is 4.12. The molecule has 0 amide bonds. The van der Waals surface area contributed by atoms with Crippen LogP contribution in [0.15, 0.2) is 30.9 Å². The molecule has 4 heterocycles. The van der Waals surface area contributed by atoms with Crippen LogP contribution in [-0.2, 0) is 0 Å². The normalized spacial score (nSPS) is 23.3. The van der Waals surface area contributed by atoms with E-state index in [4.69, 9.17) is 14.7 Å². The van der Waals surface area contributed by atoms with E-state index in [1.165, 1.54) is 12.8 Å². The standard InChI is InChI=1S/C22H24N6O/c1-3-29-18-6-19(22-17(7-23)8-26-28(22)13-18)20-9-25-21(10-24-20)27-11-15-4-14(2)5-16(15)12-27/h6,8-10,13-16H,3-5,11-12H2,1-2H3/t14?,15-,16+. The van der Waals surface area contributed by atoms with Crippen LogP contribution in [0.25, 0.3) is 16.8 Å². The Labute approximate surface area is 170 Å². The molecule has 1 aliphatic carbocycles. The number of rotatable bonds is 4. The monoisotopic (exact) mass is 388 g/mol. The van der Waals surface area contributed by atoms with E-state index >= 15 is 0 Å². The number of hydrogen-bond donors (Lipinski definition) is 0. The third-order valence-corrected chi connectivity index (χ3v) is 6.24. The second-order valence-electron chi connectivity index (χ2n) is 8.25. The second kappa shape index (κ2) is 7.03. The predicted octanol–water partition coefficient (Wildman–Crippen LogP) is 3.54. The number of nitriles is 1. The Hall–Kier alpha value is -3.14. The molecule has 2 aliphatic rings. The topological polar surface area (TPSA) is 79.3 Å². The van der Waals surface area contributed by atoms with Crippen molar-refractivity contribution in [3.63, 3.8) is 0 Å². The summed E-state index contributed by atoms with van der Waals surface area (Å²) < 4.78 is 7.35. The number of anilines is 1. The van der Waals surface area contributed by atoms with Crippen molar-refractivity contribution in [3.05, 3.63) is 36.4 Å². The minimum Gasteiger partial charge on any atom is -0.492 e. The van der Waals surface area contributed by atoms with E-state index in [9.17, 15) is 5.26 Å². The quantitative estimate of drug-likeness (QED) is 0.680. The lowest BCUT2D eigenvalue weighted by molar-refractivity contribution is 0.338. The zero-order valence-electron chi connectivity index (χ0n) is 16.7. The Kier molecular flexibility index (Phi) is 4.35. The van der Waals surface area contributed by atoms with Gasteiger partial charge in [-0.1, -0.05) is 6.92 Å². The number of nitrogens with zero attached hydrogens (tertiary/aromatic N) is 6. The molecule has 0 aromatic carbocycles. The van der Waals surface area contributed by atoms with E-state index in [2.05, 4.69) is 23.0 Å². The van der Waals surface area contributed by atoms with Gasteiger partial charge >= 0.3 is 0 Å². The summed E-state index contributed by atoms with van der Waals surface area (Å²) in [4.78, 5) is 11.8. The lowest BCUT2D eigenvalue weighted by Crippen LogP contribution is -2.22. The van der Waals surface area contributed by atoms with Crippen LogP contribution in [0.4, 0.5) is 5.82 Å². The molecule has 2 fully saturated rings. The Morgan fingerprint density at radius 2 is 1.97 bits per heavy atom. The predicted molar refractivity (Wildman–Crippen MR) is 110 cm³/mol. The molecule has 1 saturated heterocycles. The Bertz CT molecular complexity index is 1070. The van der Waals surface area contributed by atoms with Crippen molar-refractivity contribution in [2.24, 2.45) is 17.8 Å². The summed E-state index contributed by atoms with van der Waals surface area (Å²) >= 11 is 0. The van der Waals surface area contributed by atoms with Gasteiger partial charge in [-0.25, -0.2) is 9.50 Å². The molecule has 7 heteroatoms. The molecule has 0 N–H and O–H groups in total. The van der Waals surface area contributed by atoms with E-state index in [0.717, 1.165) is 47.7 Å². The van der Waals surface area contributed by atoms with Crippen LogP contribution in [0.2, 0.25) is 0 Å². The van der Waals surface area contributed by atoms with Crippen LogP contribution in [0.1, 0.15) is 32.3 Å². The number of pyridine rings is 1. The summed E-state index contributed by atoms with van der Waals surface area (Å²) in [5.41, 5.74) is 2.75. The maximum atomic E-state index is 9.48. The fraction of sp³-hybridized carbons (Fsp3) is 0.455. The molecule has 3 aromatic rings. The van der Waals surface area contributed by atoms with Gasteiger partial charge in [0.05, 0.1) is 48.2 Å². The third-order valence-electron chi connectivity index (χ3n) is 6.24.